The summed E-state index contributed by atoms with van der Waals surface area (Å²) in [5.74, 6) is -1.41. The van der Waals surface area contributed by atoms with Gasteiger partial charge in [-0.15, -0.1) is 0 Å². The molecule has 0 aromatic heterocycles. The van der Waals surface area contributed by atoms with Gasteiger partial charge >= 0.3 is 0 Å². The van der Waals surface area contributed by atoms with Crippen molar-refractivity contribution in [3.05, 3.63) is 29.3 Å². The van der Waals surface area contributed by atoms with Crippen LogP contribution >= 0.6 is 0 Å². The fourth-order valence-corrected chi connectivity index (χ4v) is 2.79. The van der Waals surface area contributed by atoms with Crippen LogP contribution in [0.1, 0.15) is 22.3 Å². The van der Waals surface area contributed by atoms with Gasteiger partial charge in [-0.1, -0.05) is 0 Å². The molecule has 0 saturated heterocycles. The monoisotopic (exact) mass is 371 g/mol. The minimum absolute atomic E-state index is 0.0111. The normalized spacial score (nSPS) is 12.6. The van der Waals surface area contributed by atoms with Crippen molar-refractivity contribution in [2.45, 2.75) is 12.8 Å². The molecule has 1 aromatic carbocycles. The largest absolute Gasteiger partial charge is 0.358 e. The highest BCUT2D eigenvalue weighted by atomic mass is 16.2. The molecule has 0 saturated carbocycles. The van der Waals surface area contributed by atoms with Crippen molar-refractivity contribution in [1.82, 2.24) is 15.5 Å². The summed E-state index contributed by atoms with van der Waals surface area (Å²) in [7, 11) is 3.12. The Morgan fingerprint density at radius 2 is 1.93 bits per heavy atom. The number of anilines is 1. The highest BCUT2D eigenvalue weighted by molar-refractivity contribution is 6.01. The quantitative estimate of drug-likeness (QED) is 0.648. The van der Waals surface area contributed by atoms with E-state index in [2.05, 4.69) is 10.6 Å². The van der Waals surface area contributed by atoms with Gasteiger partial charge in [-0.3, -0.25) is 19.2 Å². The van der Waals surface area contributed by atoms with Crippen LogP contribution in [0.15, 0.2) is 18.2 Å². The van der Waals surface area contributed by atoms with Crippen molar-refractivity contribution in [2.24, 2.45) is 0 Å². The number of aryl methyl sites for hydroxylation is 1. The lowest BCUT2D eigenvalue weighted by Crippen LogP contribution is -2.45. The highest BCUT2D eigenvalue weighted by Gasteiger charge is 2.25. The fourth-order valence-electron chi connectivity index (χ4n) is 2.79. The zero-order valence-electron chi connectivity index (χ0n) is 15.2. The molecule has 0 unspecified atom stereocenters. The predicted octanol–water partition coefficient (Wildman–Crippen LogP) is -0.576. The molecule has 0 radical (unpaired) electrons. The van der Waals surface area contributed by atoms with Crippen molar-refractivity contribution >= 4 is 29.3 Å². The van der Waals surface area contributed by atoms with Gasteiger partial charge in [0.2, 0.25) is 17.7 Å². The molecular weight excluding hydrogens is 350 g/mol. The van der Waals surface area contributed by atoms with E-state index >= 15 is 0 Å². The van der Waals surface area contributed by atoms with Gasteiger partial charge in [0, 0.05) is 31.8 Å². The van der Waals surface area contributed by atoms with E-state index < -0.39 is 17.7 Å². The van der Waals surface area contributed by atoms with E-state index in [1.165, 1.54) is 7.05 Å². The molecule has 9 nitrogen and oxygen atoms in total. The average molecular weight is 371 g/mol. The summed E-state index contributed by atoms with van der Waals surface area (Å²) < 4.78 is 0. The number of hydrogen-bond acceptors (Lipinski definition) is 5. The van der Waals surface area contributed by atoms with E-state index in [-0.39, 0.29) is 25.5 Å². The lowest BCUT2D eigenvalue weighted by Gasteiger charge is -2.27. The molecule has 142 valence electrons. The molecule has 0 bridgehead atoms. The van der Waals surface area contributed by atoms with Crippen LogP contribution in [0.3, 0.4) is 0 Å². The number of likely N-dealkylation sites (N-methyl/N-ethyl adjacent to an activating group) is 1. The van der Waals surface area contributed by atoms with Gasteiger partial charge in [0.25, 0.3) is 5.91 Å². The minimum Gasteiger partial charge on any atom is -0.358 e. The summed E-state index contributed by atoms with van der Waals surface area (Å²) in [5, 5.41) is 13.3. The van der Waals surface area contributed by atoms with Gasteiger partial charge in [0.1, 0.15) is 19.6 Å². The molecule has 4 amide bonds. The molecular formula is C18H21N5O4. The standard InChI is InChI=1S/C18H21N5O4/c1-20-15(24)10-23(11-16(25)21-8-7-19)18(27)13-3-5-14-12(9-13)4-6-17(26)22(14)2/h3,5,9H,4,6,8,10-11H2,1-2H3,(H,20,24)(H,21,25). The summed E-state index contributed by atoms with van der Waals surface area (Å²) in [5.41, 5.74) is 1.93. The second kappa shape index (κ2) is 8.80. The molecule has 1 aliphatic rings. The van der Waals surface area contributed by atoms with Crippen molar-refractivity contribution in [1.29, 1.82) is 5.26 Å². The van der Waals surface area contributed by atoms with Gasteiger partial charge < -0.3 is 20.4 Å². The number of carbonyl (C=O) groups is 4. The topological polar surface area (TPSA) is 123 Å². The molecule has 27 heavy (non-hydrogen) atoms. The van der Waals surface area contributed by atoms with Crippen molar-refractivity contribution < 1.29 is 19.2 Å². The summed E-state index contributed by atoms with van der Waals surface area (Å²) >= 11 is 0. The summed E-state index contributed by atoms with van der Waals surface area (Å²) in [6.07, 6.45) is 0.886. The van der Waals surface area contributed by atoms with E-state index in [1.807, 2.05) is 0 Å². The Morgan fingerprint density at radius 1 is 1.22 bits per heavy atom. The maximum atomic E-state index is 12.9. The number of nitriles is 1. The van der Waals surface area contributed by atoms with Crippen LogP contribution in [0.25, 0.3) is 0 Å². The number of benzene rings is 1. The molecule has 1 aliphatic heterocycles. The van der Waals surface area contributed by atoms with Crippen molar-refractivity contribution in [3.63, 3.8) is 0 Å². The zero-order valence-corrected chi connectivity index (χ0v) is 15.2. The van der Waals surface area contributed by atoms with E-state index in [1.54, 1.807) is 36.2 Å². The second-order valence-electron chi connectivity index (χ2n) is 6.07. The fraction of sp³-hybridized carbons (Fsp3) is 0.389. The first-order valence-electron chi connectivity index (χ1n) is 8.40. The number of nitrogens with one attached hydrogen (secondary N) is 2. The first kappa shape index (κ1) is 19.9. The maximum absolute atomic E-state index is 12.9. The van der Waals surface area contributed by atoms with Gasteiger partial charge in [0.05, 0.1) is 6.07 Å². The first-order chi connectivity index (χ1) is 12.9. The molecule has 2 rings (SSSR count). The minimum atomic E-state index is -0.530. The first-order valence-corrected chi connectivity index (χ1v) is 8.40. The number of nitrogens with zero attached hydrogens (tertiary/aromatic N) is 3. The molecule has 0 spiro atoms. The van der Waals surface area contributed by atoms with Gasteiger partial charge in [-0.25, -0.2) is 0 Å². The average Bonchev–Trinajstić information content (AvgIpc) is 2.67. The molecule has 0 atom stereocenters. The number of hydrogen-bond donors (Lipinski definition) is 2. The Labute approximate surface area is 156 Å². The Kier molecular flexibility index (Phi) is 6.49. The molecule has 1 aromatic rings. The van der Waals surface area contributed by atoms with Crippen LogP contribution in [0.2, 0.25) is 0 Å². The molecule has 2 N–H and O–H groups in total. The van der Waals surface area contributed by atoms with Crippen LogP contribution < -0.4 is 15.5 Å². The summed E-state index contributed by atoms with van der Waals surface area (Å²) in [4.78, 5) is 50.9. The predicted molar refractivity (Wildman–Crippen MR) is 96.8 cm³/mol. The third kappa shape index (κ3) is 4.82. The van der Waals surface area contributed by atoms with Crippen LogP contribution in [0.5, 0.6) is 0 Å². The van der Waals surface area contributed by atoms with Crippen LogP contribution in [0, 0.1) is 11.3 Å². The van der Waals surface area contributed by atoms with Crippen molar-refractivity contribution in [3.8, 4) is 6.07 Å². The number of rotatable bonds is 6. The smallest absolute Gasteiger partial charge is 0.254 e. The third-order valence-electron chi connectivity index (χ3n) is 4.27. The highest BCUT2D eigenvalue weighted by Crippen LogP contribution is 2.27. The van der Waals surface area contributed by atoms with Crippen LogP contribution in [-0.4, -0.2) is 62.3 Å². The summed E-state index contributed by atoms with van der Waals surface area (Å²) in [6.45, 7) is -0.811. The molecule has 1 heterocycles. The third-order valence-corrected chi connectivity index (χ3v) is 4.27. The lowest BCUT2D eigenvalue weighted by molar-refractivity contribution is -0.124. The van der Waals surface area contributed by atoms with E-state index in [0.29, 0.717) is 18.4 Å². The lowest BCUT2D eigenvalue weighted by atomic mass is 9.98. The Morgan fingerprint density at radius 3 is 2.59 bits per heavy atom. The van der Waals surface area contributed by atoms with E-state index in [0.717, 1.165) is 16.2 Å². The number of fused-ring (bicyclic) bond motifs is 1. The molecule has 9 heteroatoms. The van der Waals surface area contributed by atoms with Gasteiger partial charge in [-0.2, -0.15) is 5.26 Å². The Balaban J connectivity index is 2.23. The SMILES string of the molecule is CNC(=O)CN(CC(=O)NCC#N)C(=O)c1ccc2c(c1)CCC(=O)N2C. The maximum Gasteiger partial charge on any atom is 0.254 e. The van der Waals surface area contributed by atoms with E-state index in [9.17, 15) is 19.2 Å². The molecule has 0 aliphatic carbocycles. The number of carbonyl (C=O) groups excluding carboxylic acids is 4. The summed E-state index contributed by atoms with van der Waals surface area (Å²) in [6, 6.07) is 6.72. The molecule has 0 fully saturated rings. The van der Waals surface area contributed by atoms with E-state index in [4.69, 9.17) is 5.26 Å². The van der Waals surface area contributed by atoms with Gasteiger partial charge in [0.15, 0.2) is 0 Å². The van der Waals surface area contributed by atoms with Gasteiger partial charge in [-0.05, 0) is 30.2 Å². The Bertz CT molecular complexity index is 814. The van der Waals surface area contributed by atoms with Crippen molar-refractivity contribution in [2.75, 3.05) is 38.6 Å². The number of amides is 4. The zero-order chi connectivity index (χ0) is 20.0. The Hall–Kier alpha value is -3.41. The van der Waals surface area contributed by atoms with Crippen LogP contribution in [-0.2, 0) is 20.8 Å². The van der Waals surface area contributed by atoms with Crippen LogP contribution in [0.4, 0.5) is 5.69 Å². The second-order valence-corrected chi connectivity index (χ2v) is 6.07.